The van der Waals surface area contributed by atoms with Crippen LogP contribution in [0.25, 0.3) is 0 Å². The lowest BCUT2D eigenvalue weighted by Crippen LogP contribution is -2.39. The fourth-order valence-electron chi connectivity index (χ4n) is 6.66. The van der Waals surface area contributed by atoms with Crippen LogP contribution in [-0.4, -0.2) is 64.9 Å². The number of ether oxygens (including phenoxy) is 6. The van der Waals surface area contributed by atoms with Crippen molar-refractivity contribution >= 4 is 24.2 Å². The van der Waals surface area contributed by atoms with Crippen molar-refractivity contribution in [1.29, 1.82) is 0 Å². The molecule has 0 saturated heterocycles. The summed E-state index contributed by atoms with van der Waals surface area (Å²) in [6.07, 6.45) is 3.09. The third kappa shape index (κ3) is 9.61. The minimum atomic E-state index is -1.09. The maximum Gasteiger partial charge on any atom is 0.550 e. The zero-order valence-corrected chi connectivity index (χ0v) is 28.6. The first-order valence-electron chi connectivity index (χ1n) is 16.1. The van der Waals surface area contributed by atoms with Crippen molar-refractivity contribution in [1.82, 2.24) is 0 Å². The van der Waals surface area contributed by atoms with Gasteiger partial charge in [0.1, 0.15) is 46.3 Å². The molecule has 0 bridgehead atoms. The van der Waals surface area contributed by atoms with Gasteiger partial charge in [0.25, 0.3) is 0 Å². The Morgan fingerprint density at radius 3 is 1.22 bits per heavy atom. The van der Waals surface area contributed by atoms with Crippen molar-refractivity contribution in [3.8, 4) is 23.0 Å². The average molecular weight is 689 g/mol. The van der Waals surface area contributed by atoms with Crippen LogP contribution in [0.3, 0.4) is 0 Å². The maximum absolute atomic E-state index is 12.4. The number of carbonyl (C=O) groups is 4. The largest absolute Gasteiger partial charge is 0.550 e. The predicted octanol–water partition coefficient (Wildman–Crippen LogP) is 7.02. The second-order valence-electron chi connectivity index (χ2n) is 12.5. The second kappa shape index (κ2) is 17.0. The number of methoxy groups -OCH3 is 4. The summed E-state index contributed by atoms with van der Waals surface area (Å²) in [7, 11) is 5.75. The Labute approximate surface area is 285 Å². The highest BCUT2D eigenvalue weighted by Gasteiger charge is 2.42. The molecule has 2 aromatic rings. The topological polar surface area (TPSA) is 161 Å². The van der Waals surface area contributed by atoms with Gasteiger partial charge in [0.15, 0.2) is 0 Å². The molecular weight excluding hydrogens is 644 g/mol. The van der Waals surface area contributed by atoms with Crippen molar-refractivity contribution in [2.24, 2.45) is 17.3 Å². The van der Waals surface area contributed by atoms with Gasteiger partial charge < -0.3 is 28.4 Å². The van der Waals surface area contributed by atoms with Gasteiger partial charge in [-0.05, 0) is 92.9 Å². The Kier molecular flexibility index (Phi) is 12.8. The van der Waals surface area contributed by atoms with Crippen molar-refractivity contribution in [3.05, 3.63) is 47.5 Å². The summed E-state index contributed by atoms with van der Waals surface area (Å²) in [5.41, 5.74) is 0.121. The minimum Gasteiger partial charge on any atom is -0.497 e. The van der Waals surface area contributed by atoms with Crippen molar-refractivity contribution in [2.45, 2.75) is 77.4 Å². The van der Waals surface area contributed by atoms with Crippen molar-refractivity contribution < 1.29 is 67.1 Å². The highest BCUT2D eigenvalue weighted by molar-refractivity contribution is 5.93. The Hall–Kier alpha value is -4.88. The molecule has 4 rings (SSSR count). The van der Waals surface area contributed by atoms with Crippen LogP contribution in [0.2, 0.25) is 0 Å². The maximum atomic E-state index is 12.4. The number of rotatable bonds is 10. The van der Waals surface area contributed by atoms with E-state index in [9.17, 15) is 19.2 Å². The molecule has 0 N–H and O–H groups in total. The molecule has 14 heteroatoms. The first-order chi connectivity index (χ1) is 23.5. The van der Waals surface area contributed by atoms with E-state index in [-0.39, 0.29) is 40.2 Å². The number of carbonyl (C=O) groups excluding carboxylic acids is 4. The molecule has 2 saturated carbocycles. The van der Waals surface area contributed by atoms with E-state index in [2.05, 4.69) is 33.4 Å². The minimum absolute atomic E-state index is 0.00312. The number of hydrogen-bond donors (Lipinski definition) is 0. The number of benzene rings is 2. The molecule has 0 radical (unpaired) electrons. The Balaban J connectivity index is 1.15. The molecule has 0 amide bonds. The standard InChI is InChI=1S/C35H44O14/c1-35(2,21-7-11-23(12-8-21)44-33(38)48-46-31(36)27-17-15-25(40-3)19-29(27)42-5)22-9-13-24(14-10-22)45-34(39)49-47-32(37)28-18-16-26(41-4)20-30(28)43-6/h15-24H,7-14H2,1-6H3. The van der Waals surface area contributed by atoms with Crippen LogP contribution >= 0.6 is 0 Å². The monoisotopic (exact) mass is 688 g/mol. The molecule has 2 aliphatic rings. The third-order valence-electron chi connectivity index (χ3n) is 9.61. The average Bonchev–Trinajstić information content (AvgIpc) is 3.12. The molecule has 0 heterocycles. The second-order valence-corrected chi connectivity index (χ2v) is 12.5. The highest BCUT2D eigenvalue weighted by Crippen LogP contribution is 2.49. The van der Waals surface area contributed by atoms with E-state index in [1.165, 1.54) is 52.7 Å². The molecule has 2 aromatic carbocycles. The van der Waals surface area contributed by atoms with Gasteiger partial charge in [0, 0.05) is 12.1 Å². The van der Waals surface area contributed by atoms with E-state index in [0.717, 1.165) is 25.7 Å². The quantitative estimate of drug-likeness (QED) is 0.142. The van der Waals surface area contributed by atoms with Crippen LogP contribution in [-0.2, 0) is 29.0 Å². The predicted molar refractivity (Wildman–Crippen MR) is 170 cm³/mol. The van der Waals surface area contributed by atoms with Gasteiger partial charge >= 0.3 is 24.2 Å². The molecule has 2 aliphatic carbocycles. The van der Waals surface area contributed by atoms with Crippen LogP contribution in [0.15, 0.2) is 36.4 Å². The molecule has 0 aromatic heterocycles. The van der Waals surface area contributed by atoms with Gasteiger partial charge in [-0.2, -0.15) is 9.59 Å². The normalized spacial score (nSPS) is 20.5. The first kappa shape index (κ1) is 36.9. The summed E-state index contributed by atoms with van der Waals surface area (Å²) in [4.78, 5) is 68.0. The van der Waals surface area contributed by atoms with Crippen molar-refractivity contribution in [3.63, 3.8) is 0 Å². The molecule has 268 valence electrons. The van der Waals surface area contributed by atoms with Gasteiger partial charge in [-0.15, -0.1) is 0 Å². The summed E-state index contributed by atoms with van der Waals surface area (Å²) < 4.78 is 31.4. The van der Waals surface area contributed by atoms with Crippen LogP contribution in [0.1, 0.15) is 85.9 Å². The molecular formula is C35H44O14. The fraction of sp³-hybridized carbons (Fsp3) is 0.543. The van der Waals surface area contributed by atoms with Crippen LogP contribution in [0, 0.1) is 17.3 Å². The fourth-order valence-corrected chi connectivity index (χ4v) is 6.66. The summed E-state index contributed by atoms with van der Waals surface area (Å²) in [5.74, 6) is 0.355. The van der Waals surface area contributed by atoms with Gasteiger partial charge in [-0.3, -0.25) is 0 Å². The lowest BCUT2D eigenvalue weighted by atomic mass is 9.60. The third-order valence-corrected chi connectivity index (χ3v) is 9.61. The Bertz CT molecular complexity index is 1350. The zero-order chi connectivity index (χ0) is 35.6. The van der Waals surface area contributed by atoms with Gasteiger partial charge in [-0.1, -0.05) is 13.8 Å². The summed E-state index contributed by atoms with van der Waals surface area (Å²) >= 11 is 0. The summed E-state index contributed by atoms with van der Waals surface area (Å²) in [5, 5.41) is 0. The SMILES string of the molecule is COc1ccc(C(=O)OOC(=O)OC2CCC(C(C)(C)C3CCC(OC(=O)OOC(=O)c4ccc(OC)cc4OC)CC3)CC2)c(OC)c1. The van der Waals surface area contributed by atoms with Crippen LogP contribution in [0.4, 0.5) is 9.59 Å². The molecule has 0 atom stereocenters. The van der Waals surface area contributed by atoms with Gasteiger partial charge in [-0.25, -0.2) is 29.1 Å². The molecule has 0 aliphatic heterocycles. The first-order valence-corrected chi connectivity index (χ1v) is 16.1. The van der Waals surface area contributed by atoms with E-state index in [0.29, 0.717) is 49.0 Å². The molecule has 2 fully saturated rings. The molecule has 0 unspecified atom stereocenters. The summed E-state index contributed by atoms with van der Waals surface area (Å²) in [6, 6.07) is 9.00. The Morgan fingerprint density at radius 1 is 0.531 bits per heavy atom. The van der Waals surface area contributed by atoms with Gasteiger partial charge in [0.2, 0.25) is 0 Å². The lowest BCUT2D eigenvalue weighted by molar-refractivity contribution is -0.209. The van der Waals surface area contributed by atoms with Crippen molar-refractivity contribution in [2.75, 3.05) is 28.4 Å². The zero-order valence-electron chi connectivity index (χ0n) is 28.6. The van der Waals surface area contributed by atoms with Crippen LogP contribution < -0.4 is 18.9 Å². The van der Waals surface area contributed by atoms with E-state index >= 15 is 0 Å². The summed E-state index contributed by atoms with van der Waals surface area (Å²) in [6.45, 7) is 4.51. The highest BCUT2D eigenvalue weighted by atomic mass is 17.2. The molecule has 0 spiro atoms. The van der Waals surface area contributed by atoms with E-state index in [4.69, 9.17) is 28.4 Å². The van der Waals surface area contributed by atoms with E-state index < -0.39 is 24.2 Å². The Morgan fingerprint density at radius 2 is 0.898 bits per heavy atom. The van der Waals surface area contributed by atoms with E-state index in [1.54, 1.807) is 12.1 Å². The number of hydrogen-bond acceptors (Lipinski definition) is 14. The van der Waals surface area contributed by atoms with Crippen LogP contribution in [0.5, 0.6) is 23.0 Å². The lowest BCUT2D eigenvalue weighted by Gasteiger charge is -2.46. The van der Waals surface area contributed by atoms with Gasteiger partial charge in [0.05, 0.1) is 28.4 Å². The molecule has 14 nitrogen and oxygen atoms in total. The van der Waals surface area contributed by atoms with E-state index in [1.807, 2.05) is 0 Å². The molecule has 49 heavy (non-hydrogen) atoms. The smallest absolute Gasteiger partial charge is 0.497 e.